The van der Waals surface area contributed by atoms with Gasteiger partial charge in [-0.1, -0.05) is 55.7 Å². The zero-order chi connectivity index (χ0) is 15.8. The number of likely N-dealkylation sites (tertiary alicyclic amines) is 1. The first-order chi connectivity index (χ1) is 10.7. The van der Waals surface area contributed by atoms with Crippen molar-refractivity contribution < 1.29 is 9.53 Å². The first kappa shape index (κ1) is 16.3. The van der Waals surface area contributed by atoms with E-state index in [0.29, 0.717) is 6.42 Å². The van der Waals surface area contributed by atoms with E-state index in [1.165, 1.54) is 0 Å². The first-order valence-corrected chi connectivity index (χ1v) is 7.79. The highest BCUT2D eigenvalue weighted by Gasteiger charge is 2.39. The predicted molar refractivity (Wildman–Crippen MR) is 88.2 cm³/mol. The fraction of sp³-hybridized carbons (Fsp3) is 0.421. The molecular weight excluding hydrogens is 274 g/mol. The zero-order valence-electron chi connectivity index (χ0n) is 13.2. The second kappa shape index (κ2) is 7.82. The normalized spacial score (nSPS) is 17.1. The number of carbonyl (C=O) groups is 1. The molecule has 0 aliphatic carbocycles. The van der Waals surface area contributed by atoms with Gasteiger partial charge in [-0.2, -0.15) is 0 Å². The van der Waals surface area contributed by atoms with Crippen LogP contribution in [0.2, 0.25) is 0 Å². The molecule has 0 radical (unpaired) electrons. The average Bonchev–Trinajstić information content (AvgIpc) is 2.57. The van der Waals surface area contributed by atoms with E-state index in [-0.39, 0.29) is 5.97 Å². The summed E-state index contributed by atoms with van der Waals surface area (Å²) in [5, 5.41) is 0. The number of allylic oxidation sites excluding steroid dienone is 1. The molecule has 0 atom stereocenters. The third kappa shape index (κ3) is 3.99. The van der Waals surface area contributed by atoms with Gasteiger partial charge >= 0.3 is 5.97 Å². The lowest BCUT2D eigenvalue weighted by Crippen LogP contribution is -2.45. The maximum absolute atomic E-state index is 11.9. The van der Waals surface area contributed by atoms with Gasteiger partial charge in [-0.3, -0.25) is 9.69 Å². The lowest BCUT2D eigenvalue weighted by atomic mass is 9.84. The largest absolute Gasteiger partial charge is 0.454 e. The lowest BCUT2D eigenvalue weighted by molar-refractivity contribution is -0.166. The molecule has 0 unspecified atom stereocenters. The Balaban J connectivity index is 2.12. The van der Waals surface area contributed by atoms with Crippen molar-refractivity contribution in [1.29, 1.82) is 0 Å². The summed E-state index contributed by atoms with van der Waals surface area (Å²) in [5.74, 6) is 5.81. The van der Waals surface area contributed by atoms with E-state index >= 15 is 0 Å². The van der Waals surface area contributed by atoms with E-state index in [0.717, 1.165) is 38.0 Å². The van der Waals surface area contributed by atoms with E-state index in [4.69, 9.17) is 4.74 Å². The van der Waals surface area contributed by atoms with E-state index < -0.39 is 5.60 Å². The van der Waals surface area contributed by atoms with E-state index in [2.05, 4.69) is 35.5 Å². The molecule has 2 rings (SSSR count). The van der Waals surface area contributed by atoms with E-state index in [9.17, 15) is 4.79 Å². The number of esters is 1. The molecular formula is C19H23NO2. The number of carbonyl (C=O) groups excluding carboxylic acids is 1. The van der Waals surface area contributed by atoms with Crippen LogP contribution in [0.15, 0.2) is 43.0 Å². The molecule has 1 heterocycles. The van der Waals surface area contributed by atoms with Crippen LogP contribution in [0, 0.1) is 11.8 Å². The first-order valence-electron chi connectivity index (χ1n) is 7.79. The summed E-state index contributed by atoms with van der Waals surface area (Å²) in [6.07, 6.45) is 3.63. The second-order valence-electron chi connectivity index (χ2n) is 5.49. The Bertz CT molecular complexity index is 560. The monoisotopic (exact) mass is 297 g/mol. The second-order valence-corrected chi connectivity index (χ2v) is 5.49. The summed E-state index contributed by atoms with van der Waals surface area (Å²) in [7, 11) is 0. The number of hydrogen-bond donors (Lipinski definition) is 0. The van der Waals surface area contributed by atoms with Crippen molar-refractivity contribution in [2.24, 2.45) is 0 Å². The highest BCUT2D eigenvalue weighted by atomic mass is 16.6. The average molecular weight is 297 g/mol. The van der Waals surface area contributed by atoms with Gasteiger partial charge in [0.25, 0.3) is 0 Å². The molecule has 0 bridgehead atoms. The zero-order valence-corrected chi connectivity index (χ0v) is 13.2. The Hall–Kier alpha value is -2.05. The van der Waals surface area contributed by atoms with Gasteiger partial charge in [0.05, 0.1) is 6.54 Å². The molecule has 1 aliphatic heterocycles. The van der Waals surface area contributed by atoms with Gasteiger partial charge in [0.2, 0.25) is 0 Å². The highest BCUT2D eigenvalue weighted by molar-refractivity contribution is 5.69. The topological polar surface area (TPSA) is 29.5 Å². The van der Waals surface area contributed by atoms with Crippen molar-refractivity contribution >= 4 is 5.97 Å². The van der Waals surface area contributed by atoms with Gasteiger partial charge in [-0.05, 0) is 11.6 Å². The number of nitrogens with zero attached hydrogens (tertiary/aromatic N) is 1. The van der Waals surface area contributed by atoms with Crippen molar-refractivity contribution in [1.82, 2.24) is 4.90 Å². The molecule has 1 saturated heterocycles. The SMILES string of the molecule is C=CC#CCN1CCC(OC(=O)CC)(c2ccccc2)CC1. The fourth-order valence-electron chi connectivity index (χ4n) is 2.78. The minimum absolute atomic E-state index is 0.135. The Morgan fingerprint density at radius 3 is 2.64 bits per heavy atom. The standard InChI is InChI=1S/C19H23NO2/c1-3-5-9-14-20-15-12-19(13-16-20,22-18(21)4-2)17-10-7-6-8-11-17/h3,6-8,10-11H,1,4,12-16H2,2H3. The minimum atomic E-state index is -0.489. The summed E-state index contributed by atoms with van der Waals surface area (Å²) in [4.78, 5) is 14.2. The van der Waals surface area contributed by atoms with Crippen LogP contribution in [-0.4, -0.2) is 30.5 Å². The van der Waals surface area contributed by atoms with Crippen LogP contribution >= 0.6 is 0 Å². The smallest absolute Gasteiger partial charge is 0.306 e. The van der Waals surface area contributed by atoms with Crippen LogP contribution in [0.4, 0.5) is 0 Å². The molecule has 0 amide bonds. The Kier molecular flexibility index (Phi) is 5.80. The van der Waals surface area contributed by atoms with Crippen LogP contribution < -0.4 is 0 Å². The van der Waals surface area contributed by atoms with Crippen molar-refractivity contribution in [3.8, 4) is 11.8 Å². The van der Waals surface area contributed by atoms with Crippen LogP contribution in [-0.2, 0) is 15.1 Å². The molecule has 1 fully saturated rings. The number of benzene rings is 1. The maximum atomic E-state index is 11.9. The molecule has 1 aromatic rings. The van der Waals surface area contributed by atoms with Gasteiger partial charge < -0.3 is 4.74 Å². The summed E-state index contributed by atoms with van der Waals surface area (Å²) >= 11 is 0. The van der Waals surface area contributed by atoms with Gasteiger partial charge in [-0.25, -0.2) is 0 Å². The minimum Gasteiger partial charge on any atom is -0.454 e. The molecule has 1 aromatic carbocycles. The van der Waals surface area contributed by atoms with Gasteiger partial charge in [-0.15, -0.1) is 0 Å². The molecule has 116 valence electrons. The summed E-state index contributed by atoms with van der Waals surface area (Å²) in [5.41, 5.74) is 0.602. The molecule has 3 nitrogen and oxygen atoms in total. The van der Waals surface area contributed by atoms with Gasteiger partial charge in [0, 0.05) is 32.4 Å². The van der Waals surface area contributed by atoms with E-state index in [1.54, 1.807) is 6.08 Å². The summed E-state index contributed by atoms with van der Waals surface area (Å²) < 4.78 is 5.87. The van der Waals surface area contributed by atoms with Crippen molar-refractivity contribution in [3.05, 3.63) is 48.6 Å². The molecule has 1 aliphatic rings. The van der Waals surface area contributed by atoms with Gasteiger partial charge in [0.1, 0.15) is 5.60 Å². The van der Waals surface area contributed by atoms with Crippen molar-refractivity contribution in [2.45, 2.75) is 31.8 Å². The molecule has 0 spiro atoms. The molecule has 0 aromatic heterocycles. The summed E-state index contributed by atoms with van der Waals surface area (Å²) in [6.45, 7) is 7.91. The maximum Gasteiger partial charge on any atom is 0.306 e. The third-order valence-electron chi connectivity index (χ3n) is 4.07. The van der Waals surface area contributed by atoms with Crippen molar-refractivity contribution in [3.63, 3.8) is 0 Å². The van der Waals surface area contributed by atoms with Gasteiger partial charge in [0.15, 0.2) is 0 Å². The Labute approximate surface area is 133 Å². The fourth-order valence-corrected chi connectivity index (χ4v) is 2.78. The Morgan fingerprint density at radius 1 is 1.36 bits per heavy atom. The Morgan fingerprint density at radius 2 is 2.05 bits per heavy atom. The molecule has 0 N–H and O–H groups in total. The number of ether oxygens (including phenoxy) is 1. The summed E-state index contributed by atoms with van der Waals surface area (Å²) in [6, 6.07) is 10.1. The number of hydrogen-bond acceptors (Lipinski definition) is 3. The number of piperidine rings is 1. The quantitative estimate of drug-likeness (QED) is 0.632. The molecule has 3 heteroatoms. The highest BCUT2D eigenvalue weighted by Crippen LogP contribution is 2.37. The predicted octanol–water partition coefficient (Wildman–Crippen LogP) is 3.12. The van der Waals surface area contributed by atoms with Crippen LogP contribution in [0.3, 0.4) is 0 Å². The third-order valence-corrected chi connectivity index (χ3v) is 4.07. The lowest BCUT2D eigenvalue weighted by Gasteiger charge is -2.41. The molecule has 22 heavy (non-hydrogen) atoms. The van der Waals surface area contributed by atoms with E-state index in [1.807, 2.05) is 25.1 Å². The van der Waals surface area contributed by atoms with Crippen LogP contribution in [0.1, 0.15) is 31.7 Å². The van der Waals surface area contributed by atoms with Crippen LogP contribution in [0.25, 0.3) is 0 Å². The van der Waals surface area contributed by atoms with Crippen molar-refractivity contribution in [2.75, 3.05) is 19.6 Å². The number of rotatable bonds is 4. The molecule has 0 saturated carbocycles. The van der Waals surface area contributed by atoms with Crippen LogP contribution in [0.5, 0.6) is 0 Å².